The molecule has 0 unspecified atom stereocenters. The van der Waals surface area contributed by atoms with Gasteiger partial charge in [-0.15, -0.1) is 0 Å². The molecule has 0 radical (unpaired) electrons. The molecule has 0 bridgehead atoms. The number of ether oxygens (including phenoxy) is 1. The molecule has 3 N–H and O–H groups in total. The maximum Gasteiger partial charge on any atom is 0.228 e. The Morgan fingerprint density at radius 1 is 0.950 bits per heavy atom. The van der Waals surface area contributed by atoms with Gasteiger partial charge in [0.25, 0.3) is 0 Å². The highest BCUT2D eigenvalue weighted by molar-refractivity contribution is 7.91. The topological polar surface area (TPSA) is 120 Å². The van der Waals surface area contributed by atoms with Crippen molar-refractivity contribution in [3.8, 4) is 22.9 Å². The monoisotopic (exact) mass is 557 g/mol. The van der Waals surface area contributed by atoms with Crippen LogP contribution in [-0.4, -0.2) is 40.7 Å². The van der Waals surface area contributed by atoms with E-state index in [0.29, 0.717) is 29.3 Å². The van der Waals surface area contributed by atoms with E-state index in [1.165, 1.54) is 0 Å². The maximum atomic E-state index is 13.0. The number of hydrogen-bond donors (Lipinski definition) is 2. The summed E-state index contributed by atoms with van der Waals surface area (Å²) in [4.78, 5) is 13.8. The molecule has 0 amide bonds. The Hall–Kier alpha value is -3.56. The zero-order chi connectivity index (χ0) is 27.7. The Morgan fingerprint density at radius 3 is 2.48 bits per heavy atom. The highest BCUT2D eigenvalue weighted by Crippen LogP contribution is 2.39. The van der Waals surface area contributed by atoms with Crippen LogP contribution in [-0.2, 0) is 15.6 Å². The second-order valence-electron chi connectivity index (χ2n) is 11.1. The van der Waals surface area contributed by atoms with Crippen molar-refractivity contribution in [2.24, 2.45) is 5.73 Å². The number of nitrogens with zero attached hydrogens (tertiary/aromatic N) is 3. The summed E-state index contributed by atoms with van der Waals surface area (Å²) in [6.07, 6.45) is 9.95. The third kappa shape index (κ3) is 5.53. The lowest BCUT2D eigenvalue weighted by Crippen LogP contribution is -2.33. The summed E-state index contributed by atoms with van der Waals surface area (Å²) in [5.41, 5.74) is 9.18. The summed E-state index contributed by atoms with van der Waals surface area (Å²) in [5, 5.41) is 4.98. The molecule has 2 heterocycles. The van der Waals surface area contributed by atoms with Gasteiger partial charge in [0, 0.05) is 29.9 Å². The summed E-state index contributed by atoms with van der Waals surface area (Å²) in [5.74, 6) is 1.70. The first kappa shape index (κ1) is 26.7. The van der Waals surface area contributed by atoms with Gasteiger partial charge in [-0.05, 0) is 80.2 Å². The van der Waals surface area contributed by atoms with E-state index in [9.17, 15) is 8.42 Å². The van der Waals surface area contributed by atoms with Gasteiger partial charge in [-0.3, -0.25) is 0 Å². The molecule has 6 rings (SSSR count). The van der Waals surface area contributed by atoms with E-state index in [1.807, 2.05) is 55.5 Å². The molecule has 2 aliphatic rings. The van der Waals surface area contributed by atoms with Gasteiger partial charge >= 0.3 is 0 Å². The standard InChI is InChI=1S/C31H35N5O3S/c1-20-18-21(19-40(37,38)24-6-4-7-24)25-8-2-3-9-26(25)29(20)39-30-27(10-5-16-33-30)28-15-17-34-31(36-28)35-23-13-11-22(32)12-14-23/h2-3,5,8-10,15-18,22-24H,4,6-7,11-14,19,32H2,1H3,(H,34,35,36). The summed E-state index contributed by atoms with van der Waals surface area (Å²) in [6, 6.07) is 16.0. The van der Waals surface area contributed by atoms with Crippen molar-refractivity contribution in [3.05, 3.63) is 72.1 Å². The number of hydrogen-bond acceptors (Lipinski definition) is 8. The van der Waals surface area contributed by atoms with Gasteiger partial charge in [0.05, 0.1) is 22.3 Å². The quantitative estimate of drug-likeness (QED) is 0.273. The second-order valence-corrected chi connectivity index (χ2v) is 13.3. The van der Waals surface area contributed by atoms with Crippen LogP contribution in [0.5, 0.6) is 11.6 Å². The minimum Gasteiger partial charge on any atom is -0.437 e. The lowest BCUT2D eigenvalue weighted by molar-refractivity contribution is 0.410. The predicted molar refractivity (Wildman–Crippen MR) is 158 cm³/mol. The molecule has 2 aliphatic carbocycles. The second kappa shape index (κ2) is 11.1. The van der Waals surface area contributed by atoms with Gasteiger partial charge in [0.2, 0.25) is 11.8 Å². The van der Waals surface area contributed by atoms with E-state index in [2.05, 4.69) is 15.3 Å². The summed E-state index contributed by atoms with van der Waals surface area (Å²) in [7, 11) is -3.20. The number of rotatable bonds is 8. The molecule has 4 aromatic rings. The number of nitrogens with two attached hydrogens (primary N) is 1. The van der Waals surface area contributed by atoms with Gasteiger partial charge in [-0.25, -0.2) is 23.4 Å². The molecule has 208 valence electrons. The van der Waals surface area contributed by atoms with Crippen molar-refractivity contribution in [2.45, 2.75) is 75.0 Å². The predicted octanol–water partition coefficient (Wildman–Crippen LogP) is 5.94. The van der Waals surface area contributed by atoms with Crippen LogP contribution < -0.4 is 15.8 Å². The first-order valence-electron chi connectivity index (χ1n) is 14.1. The number of benzene rings is 2. The molecule has 2 saturated carbocycles. The molecule has 2 aromatic heterocycles. The minimum atomic E-state index is -3.20. The lowest BCUT2D eigenvalue weighted by atomic mass is 9.92. The number of pyridine rings is 1. The fourth-order valence-electron chi connectivity index (χ4n) is 5.69. The third-order valence-electron chi connectivity index (χ3n) is 8.19. The minimum absolute atomic E-state index is 0.0395. The Balaban J connectivity index is 1.31. The molecule has 9 heteroatoms. The van der Waals surface area contributed by atoms with E-state index in [1.54, 1.807) is 12.4 Å². The van der Waals surface area contributed by atoms with Crippen molar-refractivity contribution in [1.29, 1.82) is 0 Å². The number of anilines is 1. The Kier molecular flexibility index (Phi) is 7.42. The highest BCUT2D eigenvalue weighted by Gasteiger charge is 2.32. The fourth-order valence-corrected chi connectivity index (χ4v) is 7.65. The fraction of sp³-hybridized carbons (Fsp3) is 0.387. The van der Waals surface area contributed by atoms with Crippen LogP contribution in [0.4, 0.5) is 5.95 Å². The number of aryl methyl sites for hydroxylation is 1. The van der Waals surface area contributed by atoms with E-state index < -0.39 is 9.84 Å². The maximum absolute atomic E-state index is 13.0. The highest BCUT2D eigenvalue weighted by atomic mass is 32.2. The zero-order valence-corrected chi connectivity index (χ0v) is 23.5. The normalized spacial score (nSPS) is 19.8. The van der Waals surface area contributed by atoms with Crippen molar-refractivity contribution < 1.29 is 13.2 Å². The van der Waals surface area contributed by atoms with Gasteiger partial charge in [0.15, 0.2) is 9.84 Å². The largest absolute Gasteiger partial charge is 0.437 e. The van der Waals surface area contributed by atoms with Gasteiger partial charge < -0.3 is 15.8 Å². The van der Waals surface area contributed by atoms with Gasteiger partial charge in [-0.2, -0.15) is 0 Å². The molecule has 0 spiro atoms. The molecule has 0 saturated heterocycles. The number of sulfone groups is 1. The zero-order valence-electron chi connectivity index (χ0n) is 22.7. The Morgan fingerprint density at radius 2 is 1.73 bits per heavy atom. The molecule has 0 aliphatic heterocycles. The van der Waals surface area contributed by atoms with Gasteiger partial charge in [0.1, 0.15) is 5.75 Å². The summed E-state index contributed by atoms with van der Waals surface area (Å²) < 4.78 is 32.6. The molecule has 40 heavy (non-hydrogen) atoms. The average Bonchev–Trinajstić information content (AvgIpc) is 2.91. The average molecular weight is 558 g/mol. The van der Waals surface area contributed by atoms with Crippen LogP contribution in [0.2, 0.25) is 0 Å². The van der Waals surface area contributed by atoms with Crippen molar-refractivity contribution in [1.82, 2.24) is 15.0 Å². The van der Waals surface area contributed by atoms with Crippen LogP contribution in [0.15, 0.2) is 60.9 Å². The Bertz CT molecular complexity index is 1630. The van der Waals surface area contributed by atoms with E-state index >= 15 is 0 Å². The van der Waals surface area contributed by atoms with Crippen LogP contribution in [0.1, 0.15) is 56.1 Å². The van der Waals surface area contributed by atoms with Crippen molar-refractivity contribution in [3.63, 3.8) is 0 Å². The third-order valence-corrected chi connectivity index (χ3v) is 10.4. The number of fused-ring (bicyclic) bond motifs is 1. The van der Waals surface area contributed by atoms with Crippen LogP contribution in [0.3, 0.4) is 0 Å². The SMILES string of the molecule is Cc1cc(CS(=O)(=O)C2CCC2)c2ccccc2c1Oc1ncccc1-c1ccnc(NC2CCC(N)CC2)n1. The summed E-state index contributed by atoms with van der Waals surface area (Å²) in [6.45, 7) is 1.95. The van der Waals surface area contributed by atoms with Crippen molar-refractivity contribution >= 4 is 26.6 Å². The van der Waals surface area contributed by atoms with Crippen LogP contribution in [0.25, 0.3) is 22.0 Å². The van der Waals surface area contributed by atoms with Gasteiger partial charge in [-0.1, -0.05) is 36.8 Å². The molecule has 8 nitrogen and oxygen atoms in total. The lowest BCUT2D eigenvalue weighted by Gasteiger charge is -2.26. The van der Waals surface area contributed by atoms with Crippen molar-refractivity contribution in [2.75, 3.05) is 5.32 Å². The first-order valence-corrected chi connectivity index (χ1v) is 15.8. The summed E-state index contributed by atoms with van der Waals surface area (Å²) >= 11 is 0. The van der Waals surface area contributed by atoms with E-state index in [-0.39, 0.29) is 17.0 Å². The first-order chi connectivity index (χ1) is 19.4. The van der Waals surface area contributed by atoms with Crippen LogP contribution >= 0.6 is 0 Å². The molecule has 0 atom stereocenters. The molecular formula is C31H35N5O3S. The molecule has 2 fully saturated rings. The number of aromatic nitrogens is 3. The molecular weight excluding hydrogens is 522 g/mol. The Labute approximate surface area is 235 Å². The smallest absolute Gasteiger partial charge is 0.228 e. The van der Waals surface area contributed by atoms with Crippen LogP contribution in [0, 0.1) is 6.92 Å². The number of nitrogens with one attached hydrogen (secondary N) is 1. The van der Waals surface area contributed by atoms with E-state index in [4.69, 9.17) is 15.5 Å². The van der Waals surface area contributed by atoms with E-state index in [0.717, 1.165) is 72.4 Å². The molecule has 2 aromatic carbocycles.